The summed E-state index contributed by atoms with van der Waals surface area (Å²) in [4.78, 5) is 32.6. The van der Waals surface area contributed by atoms with Crippen molar-refractivity contribution in [2.45, 2.75) is 88.6 Å². The molecule has 4 aliphatic rings. The summed E-state index contributed by atoms with van der Waals surface area (Å²) in [7, 11) is 1.68. The van der Waals surface area contributed by atoms with Gasteiger partial charge in [-0.1, -0.05) is 55.0 Å². The molecule has 9 nitrogen and oxygen atoms in total. The van der Waals surface area contributed by atoms with Crippen molar-refractivity contribution in [3.63, 3.8) is 0 Å². The quantitative estimate of drug-likeness (QED) is 0.311. The highest BCUT2D eigenvalue weighted by atomic mass is 35.5. The summed E-state index contributed by atoms with van der Waals surface area (Å²) in [5.41, 5.74) is -0.381. The summed E-state index contributed by atoms with van der Waals surface area (Å²) in [6, 6.07) is 4.22. The van der Waals surface area contributed by atoms with Crippen molar-refractivity contribution < 1.29 is 34.1 Å². The number of hydrogen-bond donors (Lipinski definition) is 3. The van der Waals surface area contributed by atoms with Crippen molar-refractivity contribution in [3.8, 4) is 0 Å². The van der Waals surface area contributed by atoms with Gasteiger partial charge in [-0.2, -0.15) is 0 Å². The van der Waals surface area contributed by atoms with Crippen LogP contribution in [0.5, 0.6) is 0 Å². The molecule has 2 aliphatic heterocycles. The fraction of sp³-hybridized carbons (Fsp3) is 0.562. The molecule has 1 saturated heterocycles. The van der Waals surface area contributed by atoms with Gasteiger partial charge in [-0.15, -0.1) is 6.58 Å². The minimum atomic E-state index is -1.56. The Balaban J connectivity index is 1.47. The van der Waals surface area contributed by atoms with Crippen molar-refractivity contribution in [3.05, 3.63) is 65.2 Å². The Labute approximate surface area is 252 Å². The van der Waals surface area contributed by atoms with Crippen LogP contribution in [-0.4, -0.2) is 59.3 Å². The first-order valence-corrected chi connectivity index (χ1v) is 15.0. The molecule has 0 bridgehead atoms. The second-order valence-electron chi connectivity index (χ2n) is 12.3. The van der Waals surface area contributed by atoms with E-state index in [4.69, 9.17) is 25.9 Å². The minimum Gasteiger partial charge on any atom is -0.454 e. The van der Waals surface area contributed by atoms with Gasteiger partial charge in [0.1, 0.15) is 17.2 Å². The zero-order valence-corrected chi connectivity index (χ0v) is 25.4. The molecule has 42 heavy (non-hydrogen) atoms. The van der Waals surface area contributed by atoms with Crippen LogP contribution in [0.25, 0.3) is 0 Å². The number of fused-ring (bicyclic) bond motifs is 4. The third-order valence-corrected chi connectivity index (χ3v) is 9.90. The first kappa shape index (κ1) is 30.8. The molecule has 9 atom stereocenters. The van der Waals surface area contributed by atoms with Gasteiger partial charge in [0, 0.05) is 31.4 Å². The second-order valence-corrected chi connectivity index (χ2v) is 12.7. The van der Waals surface area contributed by atoms with Gasteiger partial charge in [-0.05, 0) is 56.6 Å². The number of halogens is 1. The van der Waals surface area contributed by atoms with Crippen molar-refractivity contribution in [1.29, 1.82) is 0 Å². The van der Waals surface area contributed by atoms with Crippen molar-refractivity contribution in [2.75, 3.05) is 12.1 Å². The lowest BCUT2D eigenvalue weighted by Gasteiger charge is -2.55. The maximum Gasteiger partial charge on any atom is 0.323 e. The zero-order chi connectivity index (χ0) is 30.6. The lowest BCUT2D eigenvalue weighted by Crippen LogP contribution is -2.66. The van der Waals surface area contributed by atoms with E-state index in [9.17, 15) is 19.8 Å². The van der Waals surface area contributed by atoms with Gasteiger partial charge in [-0.3, -0.25) is 24.8 Å². The number of hydroxylamine groups is 1. The Bertz CT molecular complexity index is 1320. The highest BCUT2D eigenvalue weighted by Gasteiger charge is 2.61. The van der Waals surface area contributed by atoms with E-state index in [0.29, 0.717) is 34.7 Å². The first-order chi connectivity index (χ1) is 19.8. The molecule has 2 aliphatic carbocycles. The number of nitrogens with zero attached hydrogens (tertiary/aromatic N) is 1. The van der Waals surface area contributed by atoms with E-state index in [0.717, 1.165) is 12.0 Å². The molecular weight excluding hydrogens is 560 g/mol. The largest absolute Gasteiger partial charge is 0.454 e. The van der Waals surface area contributed by atoms with Crippen molar-refractivity contribution in [1.82, 2.24) is 5.32 Å². The van der Waals surface area contributed by atoms with Crippen LogP contribution in [0.1, 0.15) is 58.4 Å². The number of carbonyl (C=O) groups excluding carboxylic acids is 2. The molecule has 2 fully saturated rings. The van der Waals surface area contributed by atoms with Crippen LogP contribution in [-0.2, 0) is 29.5 Å². The Morgan fingerprint density at radius 3 is 2.71 bits per heavy atom. The van der Waals surface area contributed by atoms with Crippen LogP contribution in [0.15, 0.2) is 54.7 Å². The molecule has 10 heteroatoms. The molecule has 1 aromatic carbocycles. The van der Waals surface area contributed by atoms with E-state index in [-0.39, 0.29) is 30.6 Å². The Hall–Kier alpha value is -2.69. The second kappa shape index (κ2) is 11.4. The molecule has 1 aromatic rings. The molecule has 0 spiro atoms. The highest BCUT2D eigenvalue weighted by molar-refractivity contribution is 6.33. The number of allylic oxidation sites excluding steroid dienone is 2. The van der Waals surface area contributed by atoms with Gasteiger partial charge in [0.25, 0.3) is 0 Å². The maximum absolute atomic E-state index is 13.9. The maximum atomic E-state index is 13.9. The Kier molecular flexibility index (Phi) is 8.37. The van der Waals surface area contributed by atoms with E-state index >= 15 is 0 Å². The number of rotatable bonds is 7. The van der Waals surface area contributed by atoms with Crippen LogP contribution < -0.4 is 10.4 Å². The highest BCUT2D eigenvalue weighted by Crippen LogP contribution is 2.53. The SMILES string of the molecule is C=CCCC(=O)O[C@@H]1C(C)=C[C@H]2[C@@H](C(=C)C)CC[C@@H](C)[C@]2(O)[C@H]1OC(=O)[C@@H]1C[C@@]2(O)c3cccc(Cl)c3N(C)O[C@H]2N1. The van der Waals surface area contributed by atoms with Gasteiger partial charge < -0.3 is 19.7 Å². The average Bonchev–Trinajstić information content (AvgIpc) is 3.28. The van der Waals surface area contributed by atoms with Crippen LogP contribution in [0, 0.1) is 17.8 Å². The van der Waals surface area contributed by atoms with E-state index in [1.807, 2.05) is 26.8 Å². The van der Waals surface area contributed by atoms with Gasteiger partial charge >= 0.3 is 11.9 Å². The third-order valence-electron chi connectivity index (χ3n) is 9.59. The van der Waals surface area contributed by atoms with E-state index in [2.05, 4.69) is 18.5 Å². The van der Waals surface area contributed by atoms with Crippen LogP contribution >= 0.6 is 11.6 Å². The number of para-hydroxylation sites is 1. The predicted molar refractivity (Wildman–Crippen MR) is 158 cm³/mol. The molecule has 3 N–H and O–H groups in total. The van der Waals surface area contributed by atoms with Gasteiger partial charge in [0.15, 0.2) is 18.4 Å². The monoisotopic (exact) mass is 600 g/mol. The zero-order valence-electron chi connectivity index (χ0n) is 24.6. The molecular formula is C32H41ClN2O7. The standard InChI is InChI=1S/C32H41ClN2O7/c1-7-8-12-25(36)40-27-18(4)15-22-20(17(2)3)14-13-19(5)32(22,39)28(27)41-29(37)24-16-31(38)21-10-9-11-23(33)26(21)35(6)42-30(31)34-24/h7,9-11,15,19-20,22,24,27-28,30,34,38-39H,1-2,8,12-14,16H2,3-6H3/t19-,20-,22+,24+,27-,28+,30-,31-,32-/m1/s1. The summed E-state index contributed by atoms with van der Waals surface area (Å²) in [6.07, 6.45) is 2.53. The summed E-state index contributed by atoms with van der Waals surface area (Å²) < 4.78 is 12.1. The lowest BCUT2D eigenvalue weighted by molar-refractivity contribution is -0.221. The van der Waals surface area contributed by atoms with Crippen LogP contribution in [0.4, 0.5) is 5.69 Å². The Morgan fingerprint density at radius 1 is 1.29 bits per heavy atom. The van der Waals surface area contributed by atoms with Crippen LogP contribution in [0.2, 0.25) is 5.02 Å². The number of esters is 2. The van der Waals surface area contributed by atoms with Crippen molar-refractivity contribution >= 4 is 29.2 Å². The Morgan fingerprint density at radius 2 is 2.02 bits per heavy atom. The number of ether oxygens (including phenoxy) is 2. The molecule has 0 radical (unpaired) electrons. The fourth-order valence-electron chi connectivity index (χ4n) is 7.28. The summed E-state index contributed by atoms with van der Waals surface area (Å²) in [5.74, 6) is -1.83. The molecule has 2 heterocycles. The first-order valence-electron chi connectivity index (χ1n) is 14.6. The third kappa shape index (κ3) is 4.99. The van der Waals surface area contributed by atoms with E-state index in [1.54, 1.807) is 31.3 Å². The predicted octanol–water partition coefficient (Wildman–Crippen LogP) is 4.32. The van der Waals surface area contributed by atoms with E-state index < -0.39 is 47.6 Å². The normalized spacial score (nSPS) is 37.1. The number of nitrogens with one attached hydrogen (secondary N) is 1. The lowest BCUT2D eigenvalue weighted by atomic mass is 9.56. The summed E-state index contributed by atoms with van der Waals surface area (Å²) in [5, 5.41) is 29.2. The van der Waals surface area contributed by atoms with Gasteiger partial charge in [-0.25, -0.2) is 0 Å². The van der Waals surface area contributed by atoms with Crippen molar-refractivity contribution in [2.24, 2.45) is 17.8 Å². The smallest absolute Gasteiger partial charge is 0.323 e. The molecule has 228 valence electrons. The number of anilines is 1. The average molecular weight is 601 g/mol. The number of aliphatic hydroxyl groups is 2. The molecule has 1 saturated carbocycles. The number of carbonyl (C=O) groups is 2. The van der Waals surface area contributed by atoms with Gasteiger partial charge in [0.2, 0.25) is 0 Å². The van der Waals surface area contributed by atoms with Crippen LogP contribution in [0.3, 0.4) is 0 Å². The number of hydrogen-bond acceptors (Lipinski definition) is 9. The topological polar surface area (TPSA) is 118 Å². The summed E-state index contributed by atoms with van der Waals surface area (Å²) >= 11 is 6.42. The summed E-state index contributed by atoms with van der Waals surface area (Å²) in [6.45, 7) is 13.5. The molecule has 0 aromatic heterocycles. The van der Waals surface area contributed by atoms with Gasteiger partial charge in [0.05, 0.1) is 10.7 Å². The number of benzene rings is 1. The molecule has 0 amide bonds. The minimum absolute atomic E-state index is 0.0295. The molecule has 5 rings (SSSR count). The molecule has 0 unspecified atom stereocenters. The fourth-order valence-corrected chi connectivity index (χ4v) is 7.57. The van der Waals surface area contributed by atoms with E-state index in [1.165, 1.54) is 5.06 Å².